The first kappa shape index (κ1) is 20.7. The average molecular weight is 408 g/mol. The molecule has 2 aliphatic rings. The van der Waals surface area contributed by atoms with Gasteiger partial charge in [0.2, 0.25) is 5.91 Å². The van der Waals surface area contributed by atoms with Crippen LogP contribution < -0.4 is 15.0 Å². The lowest BCUT2D eigenvalue weighted by molar-refractivity contribution is -0.121. The van der Waals surface area contributed by atoms with Crippen molar-refractivity contribution in [3.63, 3.8) is 0 Å². The molecule has 160 valence electrons. The molecule has 0 radical (unpaired) electrons. The molecule has 0 unspecified atom stereocenters. The lowest BCUT2D eigenvalue weighted by Gasteiger charge is -2.38. The second kappa shape index (κ2) is 10.5. The standard InChI is InChI=1S/C25H33N3O2/c29-25(26-14-9-17-27-15-7-2-8-16-27)18-22-20-30-24-13-6-5-12-23(24)28(22)19-21-10-3-1-4-11-21/h1,3-6,10-13,22H,2,7-9,14-20H2,(H,26,29)/t22-/m1/s1. The molecule has 2 aromatic carbocycles. The van der Waals surface area contributed by atoms with Gasteiger partial charge in [0.05, 0.1) is 18.2 Å². The SMILES string of the molecule is O=C(C[C@@H]1COc2ccccc2N1Cc1ccccc1)NCCCN1CCCCC1. The van der Waals surface area contributed by atoms with E-state index >= 15 is 0 Å². The number of hydrogen-bond acceptors (Lipinski definition) is 4. The molecular weight excluding hydrogens is 374 g/mol. The van der Waals surface area contributed by atoms with Crippen LogP contribution in [0.2, 0.25) is 0 Å². The molecule has 2 heterocycles. The first-order valence-electron chi connectivity index (χ1n) is 11.3. The molecule has 30 heavy (non-hydrogen) atoms. The van der Waals surface area contributed by atoms with Crippen molar-refractivity contribution in [3.8, 4) is 5.75 Å². The number of carbonyl (C=O) groups excluding carboxylic acids is 1. The summed E-state index contributed by atoms with van der Waals surface area (Å²) >= 11 is 0. The summed E-state index contributed by atoms with van der Waals surface area (Å²) in [5, 5.41) is 3.13. The first-order chi connectivity index (χ1) is 14.8. The molecule has 1 atom stereocenters. The Kier molecular flexibility index (Phi) is 7.25. The van der Waals surface area contributed by atoms with Gasteiger partial charge < -0.3 is 19.9 Å². The van der Waals surface area contributed by atoms with Crippen LogP contribution in [0.1, 0.15) is 37.7 Å². The molecule has 1 amide bonds. The zero-order chi connectivity index (χ0) is 20.6. The molecule has 0 bridgehead atoms. The van der Waals surface area contributed by atoms with E-state index in [-0.39, 0.29) is 11.9 Å². The lowest BCUT2D eigenvalue weighted by Crippen LogP contribution is -2.45. The summed E-state index contributed by atoms with van der Waals surface area (Å²) in [6, 6.07) is 18.6. The molecule has 5 nitrogen and oxygen atoms in total. The molecule has 0 aromatic heterocycles. The maximum absolute atomic E-state index is 12.7. The fourth-order valence-electron chi connectivity index (χ4n) is 4.45. The fraction of sp³-hybridized carbons (Fsp3) is 0.480. The number of anilines is 1. The Morgan fingerprint density at radius 1 is 1.00 bits per heavy atom. The minimum atomic E-state index is 0.0298. The number of para-hydroxylation sites is 2. The number of benzene rings is 2. The monoisotopic (exact) mass is 407 g/mol. The molecule has 1 fully saturated rings. The summed E-state index contributed by atoms with van der Waals surface area (Å²) in [7, 11) is 0. The van der Waals surface area contributed by atoms with E-state index in [2.05, 4.69) is 45.4 Å². The van der Waals surface area contributed by atoms with Crippen LogP contribution in [-0.4, -0.2) is 49.6 Å². The lowest BCUT2D eigenvalue weighted by atomic mass is 10.1. The van der Waals surface area contributed by atoms with Crippen LogP contribution in [0.15, 0.2) is 54.6 Å². The third-order valence-corrected chi connectivity index (χ3v) is 6.09. The van der Waals surface area contributed by atoms with Gasteiger partial charge in [0.25, 0.3) is 0 Å². The number of nitrogens with zero attached hydrogens (tertiary/aromatic N) is 2. The molecule has 5 heteroatoms. The Balaban J connectivity index is 1.32. The number of fused-ring (bicyclic) bond motifs is 1. The third kappa shape index (κ3) is 5.54. The zero-order valence-electron chi connectivity index (χ0n) is 17.8. The number of rotatable bonds is 8. The maximum atomic E-state index is 12.7. The Labute approximate surface area is 180 Å². The summed E-state index contributed by atoms with van der Waals surface area (Å²) in [4.78, 5) is 17.5. The number of piperidine rings is 1. The van der Waals surface area contributed by atoms with Crippen molar-refractivity contribution in [1.29, 1.82) is 0 Å². The fourth-order valence-corrected chi connectivity index (χ4v) is 4.45. The van der Waals surface area contributed by atoms with Crippen LogP contribution in [0, 0.1) is 0 Å². The van der Waals surface area contributed by atoms with E-state index in [9.17, 15) is 4.79 Å². The number of nitrogens with one attached hydrogen (secondary N) is 1. The van der Waals surface area contributed by atoms with Crippen LogP contribution >= 0.6 is 0 Å². The number of carbonyl (C=O) groups is 1. The summed E-state index contributed by atoms with van der Waals surface area (Å²) in [5.41, 5.74) is 2.30. The van der Waals surface area contributed by atoms with Crippen molar-refractivity contribution in [2.45, 2.75) is 44.7 Å². The maximum Gasteiger partial charge on any atom is 0.222 e. The molecule has 0 aliphatic carbocycles. The van der Waals surface area contributed by atoms with Crippen LogP contribution in [0.3, 0.4) is 0 Å². The van der Waals surface area contributed by atoms with Gasteiger partial charge in [0, 0.05) is 13.1 Å². The largest absolute Gasteiger partial charge is 0.489 e. The Hall–Kier alpha value is -2.53. The normalized spacial score (nSPS) is 19.1. The number of likely N-dealkylation sites (tertiary alicyclic amines) is 1. The third-order valence-electron chi connectivity index (χ3n) is 6.09. The second-order valence-electron chi connectivity index (χ2n) is 8.36. The van der Waals surface area contributed by atoms with Crippen molar-refractivity contribution in [3.05, 3.63) is 60.2 Å². The van der Waals surface area contributed by atoms with Gasteiger partial charge in [-0.1, -0.05) is 48.9 Å². The van der Waals surface area contributed by atoms with Gasteiger partial charge in [-0.25, -0.2) is 0 Å². The summed E-state index contributed by atoms with van der Waals surface area (Å²) < 4.78 is 5.98. The van der Waals surface area contributed by atoms with E-state index in [1.54, 1.807) is 0 Å². The molecule has 0 saturated carbocycles. The van der Waals surface area contributed by atoms with E-state index in [1.165, 1.54) is 37.9 Å². The van der Waals surface area contributed by atoms with E-state index < -0.39 is 0 Å². The minimum Gasteiger partial charge on any atom is -0.489 e. The van der Waals surface area contributed by atoms with Crippen molar-refractivity contribution < 1.29 is 9.53 Å². The number of hydrogen-bond donors (Lipinski definition) is 1. The van der Waals surface area contributed by atoms with Crippen molar-refractivity contribution in [1.82, 2.24) is 10.2 Å². The Morgan fingerprint density at radius 2 is 1.77 bits per heavy atom. The molecule has 1 N–H and O–H groups in total. The Morgan fingerprint density at radius 3 is 2.60 bits per heavy atom. The van der Waals surface area contributed by atoms with Crippen molar-refractivity contribution in [2.75, 3.05) is 37.7 Å². The van der Waals surface area contributed by atoms with Gasteiger partial charge in [-0.2, -0.15) is 0 Å². The molecule has 2 aliphatic heterocycles. The average Bonchev–Trinajstić information content (AvgIpc) is 2.80. The minimum absolute atomic E-state index is 0.0298. The van der Waals surface area contributed by atoms with E-state index in [0.717, 1.165) is 37.5 Å². The van der Waals surface area contributed by atoms with Crippen molar-refractivity contribution in [2.24, 2.45) is 0 Å². The van der Waals surface area contributed by atoms with Crippen LogP contribution in [0.4, 0.5) is 5.69 Å². The number of amides is 1. The van der Waals surface area contributed by atoms with Gasteiger partial charge >= 0.3 is 0 Å². The zero-order valence-corrected chi connectivity index (χ0v) is 17.8. The first-order valence-corrected chi connectivity index (χ1v) is 11.3. The van der Waals surface area contributed by atoms with Gasteiger partial charge in [-0.3, -0.25) is 4.79 Å². The van der Waals surface area contributed by atoms with Crippen LogP contribution in [-0.2, 0) is 11.3 Å². The van der Waals surface area contributed by atoms with E-state index in [0.29, 0.717) is 13.0 Å². The molecule has 0 spiro atoms. The molecule has 2 aromatic rings. The highest BCUT2D eigenvalue weighted by molar-refractivity contribution is 5.77. The van der Waals surface area contributed by atoms with Crippen molar-refractivity contribution >= 4 is 11.6 Å². The quantitative estimate of drug-likeness (QED) is 0.676. The summed E-state index contributed by atoms with van der Waals surface area (Å²) in [6.07, 6.45) is 5.45. The Bertz CT molecular complexity index is 805. The second-order valence-corrected chi connectivity index (χ2v) is 8.36. The highest BCUT2D eigenvalue weighted by Crippen LogP contribution is 2.35. The van der Waals surface area contributed by atoms with Gasteiger partial charge in [-0.05, 0) is 56.6 Å². The predicted octanol–water partition coefficient (Wildman–Crippen LogP) is 3.84. The highest BCUT2D eigenvalue weighted by Gasteiger charge is 2.29. The van der Waals surface area contributed by atoms with Crippen LogP contribution in [0.5, 0.6) is 5.75 Å². The van der Waals surface area contributed by atoms with Gasteiger partial charge in [0.1, 0.15) is 12.4 Å². The van der Waals surface area contributed by atoms with Crippen LogP contribution in [0.25, 0.3) is 0 Å². The molecule has 4 rings (SSSR count). The topological polar surface area (TPSA) is 44.8 Å². The highest BCUT2D eigenvalue weighted by atomic mass is 16.5. The smallest absolute Gasteiger partial charge is 0.222 e. The summed E-state index contributed by atoms with van der Waals surface area (Å²) in [6.45, 7) is 5.56. The summed E-state index contributed by atoms with van der Waals surface area (Å²) in [5.74, 6) is 1.01. The molecule has 1 saturated heterocycles. The van der Waals surface area contributed by atoms with E-state index in [1.807, 2.05) is 24.3 Å². The van der Waals surface area contributed by atoms with Gasteiger partial charge in [0.15, 0.2) is 0 Å². The van der Waals surface area contributed by atoms with Gasteiger partial charge in [-0.15, -0.1) is 0 Å². The molecular formula is C25H33N3O2. The van der Waals surface area contributed by atoms with E-state index in [4.69, 9.17) is 4.74 Å². The number of ether oxygens (including phenoxy) is 1. The predicted molar refractivity (Wildman–Crippen MR) is 121 cm³/mol.